The normalized spacial score (nSPS) is 18.2. The number of hydrogen-bond acceptors (Lipinski definition) is 3. The summed E-state index contributed by atoms with van der Waals surface area (Å²) in [5, 5.41) is 0. The van der Waals surface area contributed by atoms with Gasteiger partial charge in [-0.05, 0) is 52.9 Å². The lowest BCUT2D eigenvalue weighted by Gasteiger charge is -2.24. The largest absolute Gasteiger partial charge is 0.244 e. The number of thiophene rings is 1. The van der Waals surface area contributed by atoms with E-state index < -0.39 is 10.0 Å². The van der Waals surface area contributed by atoms with E-state index in [4.69, 9.17) is 0 Å². The van der Waals surface area contributed by atoms with Crippen LogP contribution in [0.3, 0.4) is 0 Å². The molecule has 3 rings (SSSR count). The van der Waals surface area contributed by atoms with Crippen LogP contribution in [0.2, 0.25) is 0 Å². The number of halogens is 1. The van der Waals surface area contributed by atoms with Crippen molar-refractivity contribution in [3.63, 3.8) is 0 Å². The molecule has 0 fully saturated rings. The predicted octanol–water partition coefficient (Wildman–Crippen LogP) is 4.13. The monoisotopic (exact) mass is 385 g/mol. The molecule has 2 aromatic rings. The number of nitrogens with zero attached hydrogens (tertiary/aromatic N) is 1. The van der Waals surface area contributed by atoms with Crippen LogP contribution >= 0.6 is 27.3 Å². The summed E-state index contributed by atoms with van der Waals surface area (Å²) in [7, 11) is -1.77. The molecule has 1 aliphatic rings. The van der Waals surface area contributed by atoms with Crippen molar-refractivity contribution in [2.45, 2.75) is 30.7 Å². The van der Waals surface area contributed by atoms with Crippen molar-refractivity contribution in [3.8, 4) is 0 Å². The summed E-state index contributed by atoms with van der Waals surface area (Å²) < 4.78 is 28.1. The van der Waals surface area contributed by atoms with Gasteiger partial charge in [-0.1, -0.05) is 24.3 Å². The highest BCUT2D eigenvalue weighted by atomic mass is 79.9. The Morgan fingerprint density at radius 3 is 2.71 bits per heavy atom. The topological polar surface area (TPSA) is 37.4 Å². The molecule has 6 heteroatoms. The maximum atomic E-state index is 12.9. The molecule has 0 saturated heterocycles. The molecular weight excluding hydrogens is 370 g/mol. The number of aryl methyl sites for hydroxylation is 2. The number of benzene rings is 1. The molecule has 1 atom stereocenters. The number of hydrogen-bond donors (Lipinski definition) is 0. The molecule has 0 radical (unpaired) electrons. The van der Waals surface area contributed by atoms with Crippen molar-refractivity contribution in [3.05, 3.63) is 50.1 Å². The Morgan fingerprint density at radius 1 is 1.33 bits per heavy atom. The molecule has 1 aliphatic carbocycles. The van der Waals surface area contributed by atoms with Crippen LogP contribution in [0.15, 0.2) is 39.0 Å². The minimum atomic E-state index is -3.46. The van der Waals surface area contributed by atoms with Crippen molar-refractivity contribution in [2.24, 2.45) is 0 Å². The Kier molecular flexibility index (Phi) is 3.98. The van der Waals surface area contributed by atoms with E-state index in [9.17, 15) is 8.42 Å². The molecule has 1 aromatic carbocycles. The van der Waals surface area contributed by atoms with Gasteiger partial charge in [0.2, 0.25) is 10.0 Å². The summed E-state index contributed by atoms with van der Waals surface area (Å²) in [6.45, 7) is 1.85. The van der Waals surface area contributed by atoms with Gasteiger partial charge in [0, 0.05) is 11.9 Å². The molecule has 1 unspecified atom stereocenters. The fourth-order valence-corrected chi connectivity index (χ4v) is 6.67. The Hall–Kier alpha value is -0.690. The Bertz CT molecular complexity index is 783. The predicted molar refractivity (Wildman–Crippen MR) is 89.2 cm³/mol. The third kappa shape index (κ3) is 2.59. The fourth-order valence-electron chi connectivity index (χ4n) is 2.92. The molecule has 3 nitrogen and oxygen atoms in total. The van der Waals surface area contributed by atoms with Gasteiger partial charge in [-0.2, -0.15) is 4.31 Å². The second-order valence-corrected chi connectivity index (χ2v) is 9.85. The molecule has 21 heavy (non-hydrogen) atoms. The van der Waals surface area contributed by atoms with Crippen LogP contribution in [0.25, 0.3) is 0 Å². The van der Waals surface area contributed by atoms with Crippen LogP contribution in [0, 0.1) is 6.92 Å². The number of sulfonamides is 1. The van der Waals surface area contributed by atoms with Gasteiger partial charge in [0.1, 0.15) is 0 Å². The van der Waals surface area contributed by atoms with Crippen LogP contribution in [-0.2, 0) is 16.4 Å². The quantitative estimate of drug-likeness (QED) is 0.796. The van der Waals surface area contributed by atoms with Gasteiger partial charge in [0.15, 0.2) is 0 Å². The van der Waals surface area contributed by atoms with Gasteiger partial charge < -0.3 is 0 Å². The molecule has 0 bridgehead atoms. The van der Waals surface area contributed by atoms with E-state index >= 15 is 0 Å². The second kappa shape index (κ2) is 5.50. The average Bonchev–Trinajstić information content (AvgIpc) is 3.01. The Balaban J connectivity index is 1.99. The Morgan fingerprint density at radius 2 is 2.05 bits per heavy atom. The van der Waals surface area contributed by atoms with Gasteiger partial charge >= 0.3 is 0 Å². The van der Waals surface area contributed by atoms with Gasteiger partial charge in [-0.25, -0.2) is 8.42 Å². The molecule has 0 spiro atoms. The van der Waals surface area contributed by atoms with E-state index in [0.29, 0.717) is 4.90 Å². The van der Waals surface area contributed by atoms with Crippen molar-refractivity contribution in [1.29, 1.82) is 0 Å². The minimum absolute atomic E-state index is 0.0655. The summed E-state index contributed by atoms with van der Waals surface area (Å²) in [4.78, 5) is 1.23. The van der Waals surface area contributed by atoms with E-state index in [2.05, 4.69) is 22.0 Å². The third-order valence-electron chi connectivity index (χ3n) is 4.04. The molecule has 0 N–H and O–H groups in total. The molecule has 1 heterocycles. The van der Waals surface area contributed by atoms with E-state index in [1.807, 2.05) is 25.1 Å². The minimum Gasteiger partial charge on any atom is -0.207 e. The first-order chi connectivity index (χ1) is 9.91. The summed E-state index contributed by atoms with van der Waals surface area (Å²) in [5.74, 6) is 0. The highest BCUT2D eigenvalue weighted by Crippen LogP contribution is 2.39. The standard InChI is InChI=1S/C15H16BrNO2S2/c1-10-14(9-15(16)20-10)21(18,19)17(2)13-8-7-11-5-3-4-6-12(11)13/h3-6,9,13H,7-8H2,1-2H3. The average molecular weight is 386 g/mol. The summed E-state index contributed by atoms with van der Waals surface area (Å²) in [6.07, 6.45) is 1.78. The smallest absolute Gasteiger partial charge is 0.207 e. The number of fused-ring (bicyclic) bond motifs is 1. The first kappa shape index (κ1) is 15.2. The SMILES string of the molecule is Cc1sc(Br)cc1S(=O)(=O)N(C)C1CCc2ccccc21. The van der Waals surface area contributed by atoms with E-state index in [1.165, 1.54) is 21.2 Å². The lowest BCUT2D eigenvalue weighted by Crippen LogP contribution is -2.30. The second-order valence-electron chi connectivity index (χ2n) is 5.25. The first-order valence-corrected chi connectivity index (χ1v) is 9.78. The van der Waals surface area contributed by atoms with Crippen LogP contribution in [0.5, 0.6) is 0 Å². The molecule has 1 aromatic heterocycles. The van der Waals surface area contributed by atoms with Crippen LogP contribution < -0.4 is 0 Å². The number of rotatable bonds is 3. The lowest BCUT2D eigenvalue weighted by molar-refractivity contribution is 0.374. The summed E-state index contributed by atoms with van der Waals surface area (Å²) in [6, 6.07) is 9.74. The maximum Gasteiger partial charge on any atom is 0.244 e. The first-order valence-electron chi connectivity index (χ1n) is 6.73. The maximum absolute atomic E-state index is 12.9. The van der Waals surface area contributed by atoms with Crippen LogP contribution in [-0.4, -0.2) is 19.8 Å². The third-order valence-corrected chi connectivity index (χ3v) is 7.71. The van der Waals surface area contributed by atoms with Crippen molar-refractivity contribution >= 4 is 37.3 Å². The molecule has 0 amide bonds. The van der Waals surface area contributed by atoms with E-state index in [0.717, 1.165) is 27.1 Å². The van der Waals surface area contributed by atoms with Crippen molar-refractivity contribution in [1.82, 2.24) is 4.31 Å². The van der Waals surface area contributed by atoms with Crippen molar-refractivity contribution < 1.29 is 8.42 Å². The summed E-state index contributed by atoms with van der Waals surface area (Å²) in [5.41, 5.74) is 2.39. The molecule has 0 saturated carbocycles. The fraction of sp³-hybridized carbons (Fsp3) is 0.333. The molecular formula is C15H16BrNO2S2. The van der Waals surface area contributed by atoms with Crippen LogP contribution in [0.1, 0.15) is 28.5 Å². The highest BCUT2D eigenvalue weighted by molar-refractivity contribution is 9.11. The van der Waals surface area contributed by atoms with Crippen molar-refractivity contribution in [2.75, 3.05) is 7.05 Å². The van der Waals surface area contributed by atoms with E-state index in [-0.39, 0.29) is 6.04 Å². The lowest BCUT2D eigenvalue weighted by atomic mass is 10.1. The zero-order valence-corrected chi connectivity index (χ0v) is 15.1. The Labute approximate surface area is 137 Å². The molecule has 0 aliphatic heterocycles. The van der Waals surface area contributed by atoms with Gasteiger partial charge in [0.25, 0.3) is 0 Å². The van der Waals surface area contributed by atoms with Gasteiger partial charge in [-0.15, -0.1) is 11.3 Å². The molecule has 112 valence electrons. The zero-order valence-electron chi connectivity index (χ0n) is 11.8. The van der Waals surface area contributed by atoms with E-state index in [1.54, 1.807) is 13.1 Å². The van der Waals surface area contributed by atoms with Crippen LogP contribution in [0.4, 0.5) is 0 Å². The van der Waals surface area contributed by atoms with Gasteiger partial charge in [0.05, 0.1) is 14.7 Å². The summed E-state index contributed by atoms with van der Waals surface area (Å²) >= 11 is 4.82. The zero-order chi connectivity index (χ0) is 15.2. The highest BCUT2D eigenvalue weighted by Gasteiger charge is 2.34. The van der Waals surface area contributed by atoms with Gasteiger partial charge in [-0.3, -0.25) is 0 Å².